The van der Waals surface area contributed by atoms with Crippen LogP contribution in [0.2, 0.25) is 0 Å². The minimum atomic E-state index is 0. The van der Waals surface area contributed by atoms with Gasteiger partial charge in [0.2, 0.25) is 0 Å². The fraction of sp³-hybridized carbons (Fsp3) is 0.143. The lowest BCUT2D eigenvalue weighted by Crippen LogP contribution is -1.95. The third-order valence-electron chi connectivity index (χ3n) is 2.38. The predicted molar refractivity (Wildman–Crippen MR) is 77.6 cm³/mol. The lowest BCUT2D eigenvalue weighted by molar-refractivity contribution is 1.06. The van der Waals surface area contributed by atoms with Gasteiger partial charge in [-0.25, -0.2) is 0 Å². The second-order valence-corrected chi connectivity index (χ2v) is 4.67. The fourth-order valence-corrected chi connectivity index (χ4v) is 2.44. The standard InChI is InChI=1S/C14H15NS.ClH/c15-10-13-7-4-8-14(9-13)16-11-12-5-2-1-3-6-12;/h1-9H,10-11,15H2;1H. The van der Waals surface area contributed by atoms with E-state index in [9.17, 15) is 0 Å². The highest BCUT2D eigenvalue weighted by molar-refractivity contribution is 7.98. The summed E-state index contributed by atoms with van der Waals surface area (Å²) >= 11 is 1.85. The lowest BCUT2D eigenvalue weighted by Gasteiger charge is -2.03. The molecule has 17 heavy (non-hydrogen) atoms. The van der Waals surface area contributed by atoms with Gasteiger partial charge < -0.3 is 5.73 Å². The van der Waals surface area contributed by atoms with Crippen LogP contribution in [0.5, 0.6) is 0 Å². The Labute approximate surface area is 113 Å². The van der Waals surface area contributed by atoms with Crippen molar-refractivity contribution in [3.63, 3.8) is 0 Å². The molecule has 0 aliphatic carbocycles. The van der Waals surface area contributed by atoms with Crippen molar-refractivity contribution in [3.05, 3.63) is 65.7 Å². The normalized spacial score (nSPS) is 9.71. The maximum Gasteiger partial charge on any atom is 0.0231 e. The second-order valence-electron chi connectivity index (χ2n) is 3.63. The average Bonchev–Trinajstić information content (AvgIpc) is 2.38. The van der Waals surface area contributed by atoms with Gasteiger partial charge in [0.05, 0.1) is 0 Å². The Morgan fingerprint density at radius 2 is 1.59 bits per heavy atom. The fourth-order valence-electron chi connectivity index (χ4n) is 1.50. The first-order valence-corrected chi connectivity index (χ1v) is 6.33. The minimum Gasteiger partial charge on any atom is -0.326 e. The molecular weight excluding hydrogens is 250 g/mol. The van der Waals surface area contributed by atoms with E-state index in [4.69, 9.17) is 5.73 Å². The maximum absolute atomic E-state index is 5.62. The van der Waals surface area contributed by atoms with Crippen molar-refractivity contribution in [1.29, 1.82) is 0 Å². The van der Waals surface area contributed by atoms with Crippen molar-refractivity contribution in [2.75, 3.05) is 0 Å². The van der Waals surface area contributed by atoms with Gasteiger partial charge in [-0.1, -0.05) is 42.5 Å². The van der Waals surface area contributed by atoms with E-state index in [0.717, 1.165) is 5.75 Å². The van der Waals surface area contributed by atoms with Gasteiger partial charge in [-0.2, -0.15) is 0 Å². The van der Waals surface area contributed by atoms with Gasteiger partial charge in [-0.15, -0.1) is 24.2 Å². The SMILES string of the molecule is Cl.NCc1cccc(SCc2ccccc2)c1. The zero-order chi connectivity index (χ0) is 11.2. The Hall–Kier alpha value is -0.960. The summed E-state index contributed by atoms with van der Waals surface area (Å²) in [4.78, 5) is 1.28. The van der Waals surface area contributed by atoms with Crippen LogP contribution in [0, 0.1) is 0 Å². The zero-order valence-corrected chi connectivity index (χ0v) is 11.1. The minimum absolute atomic E-state index is 0. The van der Waals surface area contributed by atoms with E-state index < -0.39 is 0 Å². The molecule has 0 atom stereocenters. The van der Waals surface area contributed by atoms with Gasteiger partial charge in [-0.3, -0.25) is 0 Å². The van der Waals surface area contributed by atoms with Crippen LogP contribution in [0.3, 0.4) is 0 Å². The molecule has 2 aromatic carbocycles. The second kappa shape index (κ2) is 7.38. The van der Waals surface area contributed by atoms with Crippen LogP contribution in [0.15, 0.2) is 59.5 Å². The van der Waals surface area contributed by atoms with E-state index >= 15 is 0 Å². The van der Waals surface area contributed by atoms with Gasteiger partial charge in [0, 0.05) is 17.2 Å². The van der Waals surface area contributed by atoms with Crippen LogP contribution in [0.4, 0.5) is 0 Å². The zero-order valence-electron chi connectivity index (χ0n) is 9.50. The predicted octanol–water partition coefficient (Wildman–Crippen LogP) is 3.86. The molecule has 0 bridgehead atoms. The van der Waals surface area contributed by atoms with Crippen molar-refractivity contribution in [1.82, 2.24) is 0 Å². The average molecular weight is 266 g/mol. The van der Waals surface area contributed by atoms with Crippen molar-refractivity contribution in [2.24, 2.45) is 5.73 Å². The molecule has 0 aliphatic rings. The van der Waals surface area contributed by atoms with E-state index in [-0.39, 0.29) is 12.4 Å². The molecule has 2 N–H and O–H groups in total. The molecule has 0 saturated carbocycles. The highest BCUT2D eigenvalue weighted by Crippen LogP contribution is 2.23. The number of nitrogens with two attached hydrogens (primary N) is 1. The summed E-state index contributed by atoms with van der Waals surface area (Å²) < 4.78 is 0. The molecule has 0 saturated heterocycles. The van der Waals surface area contributed by atoms with E-state index in [1.807, 2.05) is 17.8 Å². The molecular formula is C14H16ClNS. The highest BCUT2D eigenvalue weighted by Gasteiger charge is 1.97. The molecule has 0 heterocycles. The Morgan fingerprint density at radius 3 is 2.29 bits per heavy atom. The topological polar surface area (TPSA) is 26.0 Å². The summed E-state index contributed by atoms with van der Waals surface area (Å²) in [5, 5.41) is 0. The van der Waals surface area contributed by atoms with Crippen LogP contribution >= 0.6 is 24.2 Å². The van der Waals surface area contributed by atoms with Crippen molar-refractivity contribution in [2.45, 2.75) is 17.2 Å². The van der Waals surface area contributed by atoms with E-state index in [2.05, 4.69) is 48.5 Å². The largest absolute Gasteiger partial charge is 0.326 e. The quantitative estimate of drug-likeness (QED) is 0.850. The van der Waals surface area contributed by atoms with Crippen LogP contribution in [-0.2, 0) is 12.3 Å². The van der Waals surface area contributed by atoms with Crippen LogP contribution in [-0.4, -0.2) is 0 Å². The first-order chi connectivity index (χ1) is 7.88. The highest BCUT2D eigenvalue weighted by atomic mass is 35.5. The summed E-state index contributed by atoms with van der Waals surface area (Å²) in [6.45, 7) is 0.611. The van der Waals surface area contributed by atoms with Crippen molar-refractivity contribution < 1.29 is 0 Å². The van der Waals surface area contributed by atoms with Crippen LogP contribution in [0.25, 0.3) is 0 Å². The lowest BCUT2D eigenvalue weighted by atomic mass is 10.2. The van der Waals surface area contributed by atoms with Crippen molar-refractivity contribution in [3.8, 4) is 0 Å². The Bertz CT molecular complexity index is 445. The number of halogens is 1. The summed E-state index contributed by atoms with van der Waals surface area (Å²) in [5.74, 6) is 1.01. The molecule has 0 radical (unpaired) electrons. The Kier molecular flexibility index (Phi) is 6.12. The molecule has 0 amide bonds. The van der Waals surface area contributed by atoms with Gasteiger partial charge in [0.25, 0.3) is 0 Å². The monoisotopic (exact) mass is 265 g/mol. The smallest absolute Gasteiger partial charge is 0.0231 e. The Morgan fingerprint density at radius 1 is 0.882 bits per heavy atom. The van der Waals surface area contributed by atoms with E-state index in [1.54, 1.807) is 0 Å². The third-order valence-corrected chi connectivity index (χ3v) is 3.45. The first kappa shape index (κ1) is 14.1. The van der Waals surface area contributed by atoms with Crippen LogP contribution < -0.4 is 5.73 Å². The van der Waals surface area contributed by atoms with Gasteiger partial charge >= 0.3 is 0 Å². The molecule has 2 rings (SSSR count). The van der Waals surface area contributed by atoms with Gasteiger partial charge in [0.15, 0.2) is 0 Å². The number of hydrogen-bond donors (Lipinski definition) is 1. The summed E-state index contributed by atoms with van der Waals surface area (Å²) in [6, 6.07) is 18.9. The van der Waals surface area contributed by atoms with Crippen LogP contribution in [0.1, 0.15) is 11.1 Å². The molecule has 1 nitrogen and oxygen atoms in total. The molecule has 3 heteroatoms. The van der Waals surface area contributed by atoms with E-state index in [1.165, 1.54) is 16.0 Å². The molecule has 0 unspecified atom stereocenters. The van der Waals surface area contributed by atoms with E-state index in [0.29, 0.717) is 6.54 Å². The Balaban J connectivity index is 0.00000144. The number of hydrogen-bond acceptors (Lipinski definition) is 2. The molecule has 0 spiro atoms. The number of thioether (sulfide) groups is 1. The summed E-state index contributed by atoms with van der Waals surface area (Å²) in [7, 11) is 0. The molecule has 90 valence electrons. The molecule has 0 aromatic heterocycles. The molecule has 2 aromatic rings. The molecule has 0 aliphatic heterocycles. The molecule has 0 fully saturated rings. The van der Waals surface area contributed by atoms with Gasteiger partial charge in [-0.05, 0) is 23.3 Å². The maximum atomic E-state index is 5.62. The number of rotatable bonds is 4. The third kappa shape index (κ3) is 4.43. The summed E-state index contributed by atoms with van der Waals surface area (Å²) in [5.41, 5.74) is 8.16. The van der Waals surface area contributed by atoms with Crippen molar-refractivity contribution >= 4 is 24.2 Å². The number of benzene rings is 2. The first-order valence-electron chi connectivity index (χ1n) is 5.34. The summed E-state index contributed by atoms with van der Waals surface area (Å²) in [6.07, 6.45) is 0. The van der Waals surface area contributed by atoms with Gasteiger partial charge in [0.1, 0.15) is 0 Å².